The molecule has 0 radical (unpaired) electrons. The third-order valence-electron chi connectivity index (χ3n) is 6.34. The third-order valence-corrected chi connectivity index (χ3v) is 9.24. The summed E-state index contributed by atoms with van der Waals surface area (Å²) in [6, 6.07) is 25.0. The molecule has 0 saturated carbocycles. The minimum absolute atomic E-state index is 0.0665. The fraction of sp³-hybridized carbons (Fsp3) is 0.267. The van der Waals surface area contributed by atoms with Crippen molar-refractivity contribution >= 4 is 34.9 Å². The second kappa shape index (κ2) is 11.4. The highest BCUT2D eigenvalue weighted by molar-refractivity contribution is 8.17. The van der Waals surface area contributed by atoms with Crippen LogP contribution in [0.2, 0.25) is 0 Å². The molecule has 186 valence electrons. The highest BCUT2D eigenvalue weighted by Crippen LogP contribution is 2.51. The molecule has 0 bridgehead atoms. The topological polar surface area (TPSA) is 36.9 Å². The van der Waals surface area contributed by atoms with Gasteiger partial charge in [-0.2, -0.15) is 0 Å². The van der Waals surface area contributed by atoms with Gasteiger partial charge < -0.3 is 18.9 Å². The quantitative estimate of drug-likeness (QED) is 0.323. The van der Waals surface area contributed by atoms with Gasteiger partial charge in [-0.05, 0) is 47.3 Å². The Balaban J connectivity index is 1.74. The number of ether oxygens (including phenoxy) is 4. The van der Waals surface area contributed by atoms with Crippen LogP contribution in [0.15, 0.2) is 84.6 Å². The van der Waals surface area contributed by atoms with Gasteiger partial charge in [0.05, 0.1) is 21.3 Å². The zero-order chi connectivity index (χ0) is 24.9. The summed E-state index contributed by atoms with van der Waals surface area (Å²) in [4.78, 5) is 0. The smallest absolute Gasteiger partial charge is 0.203 e. The lowest BCUT2D eigenvalue weighted by Crippen LogP contribution is -2.19. The molecule has 2 heterocycles. The minimum atomic E-state index is -0.0665. The lowest BCUT2D eigenvalue weighted by atomic mass is 9.83. The molecule has 0 aromatic heterocycles. The van der Waals surface area contributed by atoms with Gasteiger partial charge in [0.15, 0.2) is 11.5 Å². The van der Waals surface area contributed by atoms with E-state index in [9.17, 15) is 0 Å². The fourth-order valence-electron chi connectivity index (χ4n) is 4.65. The standard InChI is InChI=1S/C30H30O4S2/c1-31-25-17-22(18-26(32-2)28(25)33-3)23-19-24(20-11-6-4-7-12-20)34-29(30-35-15-10-16-36-30)27(23)21-13-8-5-9-14-21/h4-9,11-14,17-19,23,30H,10,15-16H2,1-3H3. The predicted octanol–water partition coefficient (Wildman–Crippen LogP) is 7.47. The number of methoxy groups -OCH3 is 3. The average molecular weight is 519 g/mol. The maximum Gasteiger partial charge on any atom is 0.203 e. The molecule has 1 saturated heterocycles. The Hall–Kier alpha value is -2.96. The van der Waals surface area contributed by atoms with E-state index in [4.69, 9.17) is 18.9 Å². The first-order valence-corrected chi connectivity index (χ1v) is 14.1. The summed E-state index contributed by atoms with van der Waals surface area (Å²) in [5, 5.41) is 0. The van der Waals surface area contributed by atoms with Gasteiger partial charge in [-0.1, -0.05) is 60.7 Å². The van der Waals surface area contributed by atoms with Crippen molar-refractivity contribution in [3.63, 3.8) is 0 Å². The van der Waals surface area contributed by atoms with E-state index in [-0.39, 0.29) is 10.5 Å². The Morgan fingerprint density at radius 2 is 1.33 bits per heavy atom. The van der Waals surface area contributed by atoms with Crippen LogP contribution in [0.4, 0.5) is 0 Å². The molecule has 1 atom stereocenters. The van der Waals surface area contributed by atoms with Crippen molar-refractivity contribution in [2.45, 2.75) is 16.9 Å². The van der Waals surface area contributed by atoms with Crippen LogP contribution in [0.1, 0.15) is 29.0 Å². The second-order valence-electron chi connectivity index (χ2n) is 8.51. The minimum Gasteiger partial charge on any atom is -0.493 e. The highest BCUT2D eigenvalue weighted by atomic mass is 32.2. The molecule has 3 aromatic rings. The Morgan fingerprint density at radius 1 is 0.750 bits per heavy atom. The van der Waals surface area contributed by atoms with Crippen molar-refractivity contribution in [1.82, 2.24) is 0 Å². The first kappa shape index (κ1) is 24.7. The van der Waals surface area contributed by atoms with Gasteiger partial charge in [0, 0.05) is 17.1 Å². The average Bonchev–Trinajstić information content (AvgIpc) is 2.97. The Kier molecular flexibility index (Phi) is 7.83. The number of benzene rings is 3. The van der Waals surface area contributed by atoms with Crippen molar-refractivity contribution in [3.8, 4) is 17.2 Å². The Labute approximate surface area is 221 Å². The predicted molar refractivity (Wildman–Crippen MR) is 151 cm³/mol. The van der Waals surface area contributed by atoms with Gasteiger partial charge in [-0.3, -0.25) is 0 Å². The monoisotopic (exact) mass is 518 g/mol. The highest BCUT2D eigenvalue weighted by Gasteiger charge is 2.34. The molecule has 1 unspecified atom stereocenters. The fourth-order valence-corrected chi connectivity index (χ4v) is 7.50. The molecule has 3 aromatic carbocycles. The summed E-state index contributed by atoms with van der Waals surface area (Å²) >= 11 is 3.93. The summed E-state index contributed by atoms with van der Waals surface area (Å²) in [5.41, 5.74) is 4.45. The molecular formula is C30H30O4S2. The van der Waals surface area contributed by atoms with Crippen LogP contribution in [0, 0.1) is 0 Å². The zero-order valence-electron chi connectivity index (χ0n) is 20.7. The van der Waals surface area contributed by atoms with Crippen LogP contribution in [0.25, 0.3) is 11.3 Å². The molecule has 1 fully saturated rings. The maximum atomic E-state index is 6.80. The lowest BCUT2D eigenvalue weighted by molar-refractivity contribution is 0.323. The summed E-state index contributed by atoms with van der Waals surface area (Å²) in [7, 11) is 4.95. The first-order valence-electron chi connectivity index (χ1n) is 12.0. The van der Waals surface area contributed by atoms with Gasteiger partial charge in [0.1, 0.15) is 16.1 Å². The number of hydrogen-bond donors (Lipinski definition) is 0. The normalized spacial score (nSPS) is 18.3. The first-order chi connectivity index (χ1) is 17.7. The number of hydrogen-bond acceptors (Lipinski definition) is 6. The lowest BCUT2D eigenvalue weighted by Gasteiger charge is -2.33. The number of rotatable bonds is 7. The summed E-state index contributed by atoms with van der Waals surface area (Å²) in [5.74, 6) is 5.96. The summed E-state index contributed by atoms with van der Waals surface area (Å²) in [6.07, 6.45) is 3.44. The summed E-state index contributed by atoms with van der Waals surface area (Å²) in [6.45, 7) is 0. The molecule has 2 aliphatic rings. The largest absolute Gasteiger partial charge is 0.493 e. The molecule has 5 rings (SSSR count). The van der Waals surface area contributed by atoms with E-state index in [0.29, 0.717) is 17.2 Å². The van der Waals surface area contributed by atoms with Crippen molar-refractivity contribution in [1.29, 1.82) is 0 Å². The van der Waals surface area contributed by atoms with Crippen molar-refractivity contribution in [2.75, 3.05) is 32.8 Å². The van der Waals surface area contributed by atoms with Crippen molar-refractivity contribution in [3.05, 3.63) is 101 Å². The maximum absolute atomic E-state index is 6.80. The van der Waals surface area contributed by atoms with Crippen LogP contribution in [0.3, 0.4) is 0 Å². The third kappa shape index (κ3) is 4.97. The van der Waals surface area contributed by atoms with Gasteiger partial charge in [-0.15, -0.1) is 23.5 Å². The Bertz CT molecular complexity index is 1220. The van der Waals surface area contributed by atoms with E-state index in [1.807, 2.05) is 41.7 Å². The van der Waals surface area contributed by atoms with Crippen LogP contribution < -0.4 is 14.2 Å². The van der Waals surface area contributed by atoms with Gasteiger partial charge in [-0.25, -0.2) is 0 Å². The van der Waals surface area contributed by atoms with Crippen LogP contribution in [0.5, 0.6) is 17.2 Å². The molecule has 6 heteroatoms. The van der Waals surface area contributed by atoms with Crippen LogP contribution in [-0.2, 0) is 4.74 Å². The van der Waals surface area contributed by atoms with Gasteiger partial charge in [0.25, 0.3) is 0 Å². The second-order valence-corrected chi connectivity index (χ2v) is 11.2. The molecule has 0 spiro atoms. The van der Waals surface area contributed by atoms with E-state index in [1.54, 1.807) is 21.3 Å². The number of allylic oxidation sites excluding steroid dienone is 2. The van der Waals surface area contributed by atoms with Crippen molar-refractivity contribution < 1.29 is 18.9 Å². The van der Waals surface area contributed by atoms with E-state index in [2.05, 4.69) is 60.7 Å². The molecule has 36 heavy (non-hydrogen) atoms. The SMILES string of the molecule is COc1cc(C2C=C(c3ccccc3)OC(C3SCCCS3)=C2c2ccccc2)cc(OC)c1OC. The van der Waals surface area contributed by atoms with Crippen LogP contribution in [-0.4, -0.2) is 37.4 Å². The molecule has 4 nitrogen and oxygen atoms in total. The van der Waals surface area contributed by atoms with Gasteiger partial charge >= 0.3 is 0 Å². The van der Waals surface area contributed by atoms with E-state index in [0.717, 1.165) is 39.7 Å². The molecule has 0 aliphatic carbocycles. The molecule has 0 N–H and O–H groups in total. The molecule has 0 amide bonds. The molecular weight excluding hydrogens is 488 g/mol. The van der Waals surface area contributed by atoms with E-state index in [1.165, 1.54) is 12.0 Å². The molecule has 2 aliphatic heterocycles. The van der Waals surface area contributed by atoms with Gasteiger partial charge in [0.2, 0.25) is 5.75 Å². The number of thioether (sulfide) groups is 2. The summed E-state index contributed by atoms with van der Waals surface area (Å²) < 4.78 is 24.1. The Morgan fingerprint density at radius 3 is 1.89 bits per heavy atom. The van der Waals surface area contributed by atoms with Crippen LogP contribution >= 0.6 is 23.5 Å². The van der Waals surface area contributed by atoms with E-state index >= 15 is 0 Å². The van der Waals surface area contributed by atoms with Crippen molar-refractivity contribution in [2.24, 2.45) is 0 Å². The zero-order valence-corrected chi connectivity index (χ0v) is 22.4. The van der Waals surface area contributed by atoms with E-state index < -0.39 is 0 Å².